The van der Waals surface area contributed by atoms with Gasteiger partial charge >= 0.3 is 0 Å². The molecule has 1 N–H and O–H groups in total. The van der Waals surface area contributed by atoms with Gasteiger partial charge in [-0.25, -0.2) is 8.78 Å². The predicted molar refractivity (Wildman–Crippen MR) is 98.2 cm³/mol. The van der Waals surface area contributed by atoms with Crippen molar-refractivity contribution in [2.75, 3.05) is 16.9 Å². The number of halogens is 2. The first kappa shape index (κ1) is 18.4. The van der Waals surface area contributed by atoms with Crippen molar-refractivity contribution in [3.05, 3.63) is 64.7 Å². The highest BCUT2D eigenvalue weighted by molar-refractivity contribution is 7.99. The molecule has 0 radical (unpaired) electrons. The van der Waals surface area contributed by atoms with Gasteiger partial charge in [0.25, 0.3) is 5.91 Å². The fourth-order valence-corrected chi connectivity index (χ4v) is 4.03. The lowest BCUT2D eigenvalue weighted by Gasteiger charge is -2.23. The number of aryl methyl sites for hydroxylation is 2. The molecule has 1 aliphatic rings. The van der Waals surface area contributed by atoms with Crippen LogP contribution in [0.1, 0.15) is 21.5 Å². The zero-order valence-electron chi connectivity index (χ0n) is 14.4. The highest BCUT2D eigenvalue weighted by Crippen LogP contribution is 2.25. The Morgan fingerprint density at radius 2 is 1.81 bits per heavy atom. The van der Waals surface area contributed by atoms with E-state index < -0.39 is 23.6 Å². The Kier molecular flexibility index (Phi) is 5.27. The second-order valence-corrected chi connectivity index (χ2v) is 7.26. The van der Waals surface area contributed by atoms with E-state index in [-0.39, 0.29) is 11.5 Å². The summed E-state index contributed by atoms with van der Waals surface area (Å²) >= 11 is 1.42. The van der Waals surface area contributed by atoms with Crippen LogP contribution in [0.2, 0.25) is 0 Å². The first-order valence-electron chi connectivity index (χ1n) is 8.08. The number of nitrogens with one attached hydrogen (secondary N) is 1. The van der Waals surface area contributed by atoms with E-state index in [4.69, 9.17) is 0 Å². The van der Waals surface area contributed by atoms with Gasteiger partial charge in [-0.3, -0.25) is 9.59 Å². The number of anilines is 1. The molecule has 2 aromatic rings. The van der Waals surface area contributed by atoms with Crippen LogP contribution in [0, 0.1) is 25.5 Å². The van der Waals surface area contributed by atoms with Gasteiger partial charge in [-0.05, 0) is 37.6 Å². The van der Waals surface area contributed by atoms with Crippen molar-refractivity contribution in [1.29, 1.82) is 0 Å². The molecule has 0 aliphatic carbocycles. The topological polar surface area (TPSA) is 49.4 Å². The number of hydrogen-bond acceptors (Lipinski definition) is 3. The minimum atomic E-state index is -0.823. The SMILES string of the molecule is Cc1ccc(NC(=O)[C@@H]2CSCN2C(=O)c2cc(F)cc(F)c2)c(C)c1. The lowest BCUT2D eigenvalue weighted by Crippen LogP contribution is -2.44. The number of amides is 2. The lowest BCUT2D eigenvalue weighted by molar-refractivity contribution is -0.119. The highest BCUT2D eigenvalue weighted by atomic mass is 32.2. The number of hydrogen-bond donors (Lipinski definition) is 1. The lowest BCUT2D eigenvalue weighted by atomic mass is 10.1. The van der Waals surface area contributed by atoms with Crippen LogP contribution in [0.3, 0.4) is 0 Å². The van der Waals surface area contributed by atoms with E-state index >= 15 is 0 Å². The maximum Gasteiger partial charge on any atom is 0.255 e. The summed E-state index contributed by atoms with van der Waals surface area (Å²) in [5.41, 5.74) is 2.59. The van der Waals surface area contributed by atoms with Crippen molar-refractivity contribution in [1.82, 2.24) is 4.90 Å². The molecule has 1 aliphatic heterocycles. The smallest absolute Gasteiger partial charge is 0.255 e. The summed E-state index contributed by atoms with van der Waals surface area (Å²) in [5, 5.41) is 2.84. The number of thioether (sulfide) groups is 1. The molecular formula is C19H18F2N2O2S. The van der Waals surface area contributed by atoms with Crippen molar-refractivity contribution in [3.8, 4) is 0 Å². The fourth-order valence-electron chi connectivity index (χ4n) is 2.87. The van der Waals surface area contributed by atoms with Crippen LogP contribution in [0.25, 0.3) is 0 Å². The van der Waals surface area contributed by atoms with Crippen LogP contribution < -0.4 is 5.32 Å². The molecule has 4 nitrogen and oxygen atoms in total. The van der Waals surface area contributed by atoms with Gasteiger partial charge < -0.3 is 10.2 Å². The van der Waals surface area contributed by atoms with Crippen LogP contribution >= 0.6 is 11.8 Å². The van der Waals surface area contributed by atoms with Crippen LogP contribution in [0.4, 0.5) is 14.5 Å². The van der Waals surface area contributed by atoms with Crippen molar-refractivity contribution < 1.29 is 18.4 Å². The maximum absolute atomic E-state index is 13.4. The van der Waals surface area contributed by atoms with Crippen molar-refractivity contribution >= 4 is 29.3 Å². The molecule has 136 valence electrons. The first-order chi connectivity index (χ1) is 12.3. The molecule has 26 heavy (non-hydrogen) atoms. The average Bonchev–Trinajstić information content (AvgIpc) is 3.05. The van der Waals surface area contributed by atoms with Crippen LogP contribution in [0.15, 0.2) is 36.4 Å². The Morgan fingerprint density at radius 1 is 1.12 bits per heavy atom. The molecule has 1 saturated heterocycles. The number of rotatable bonds is 3. The highest BCUT2D eigenvalue weighted by Gasteiger charge is 2.35. The largest absolute Gasteiger partial charge is 0.324 e. The zero-order valence-corrected chi connectivity index (χ0v) is 15.2. The van der Waals surface area contributed by atoms with Gasteiger partial charge in [0.15, 0.2) is 0 Å². The molecule has 7 heteroatoms. The summed E-state index contributed by atoms with van der Waals surface area (Å²) in [6, 6.07) is 7.64. The molecule has 1 heterocycles. The Hall–Kier alpha value is -2.41. The Bertz CT molecular complexity index is 852. The predicted octanol–water partition coefficient (Wildman–Crippen LogP) is 3.74. The Labute approximate surface area is 154 Å². The second kappa shape index (κ2) is 7.45. The van der Waals surface area contributed by atoms with Crippen molar-refractivity contribution in [2.24, 2.45) is 0 Å². The molecule has 3 rings (SSSR count). The van der Waals surface area contributed by atoms with Gasteiger partial charge in [-0.1, -0.05) is 17.7 Å². The van der Waals surface area contributed by atoms with E-state index in [0.717, 1.165) is 23.3 Å². The molecule has 0 spiro atoms. The van der Waals surface area contributed by atoms with Gasteiger partial charge in [0.05, 0.1) is 5.88 Å². The molecule has 1 fully saturated rings. The van der Waals surface area contributed by atoms with E-state index in [9.17, 15) is 18.4 Å². The van der Waals surface area contributed by atoms with Gasteiger partial charge in [-0.15, -0.1) is 11.8 Å². The van der Waals surface area contributed by atoms with Gasteiger partial charge in [0.1, 0.15) is 17.7 Å². The third-order valence-electron chi connectivity index (χ3n) is 4.20. The van der Waals surface area contributed by atoms with Crippen molar-refractivity contribution in [2.45, 2.75) is 19.9 Å². The molecular weight excluding hydrogens is 358 g/mol. The van der Waals surface area contributed by atoms with Gasteiger partial charge in [-0.2, -0.15) is 0 Å². The monoisotopic (exact) mass is 376 g/mol. The van der Waals surface area contributed by atoms with E-state index in [1.807, 2.05) is 32.0 Å². The maximum atomic E-state index is 13.4. The standard InChI is InChI=1S/C19H18F2N2O2S/c1-11-3-4-16(12(2)5-11)22-18(24)17-9-26-10-23(17)19(25)13-6-14(20)8-15(21)7-13/h3-8,17H,9-10H2,1-2H3,(H,22,24)/t17-/m0/s1. The van der Waals surface area contributed by atoms with Crippen LogP contribution in [-0.2, 0) is 4.79 Å². The van der Waals surface area contributed by atoms with Crippen LogP contribution in [-0.4, -0.2) is 34.4 Å². The number of carbonyl (C=O) groups is 2. The quantitative estimate of drug-likeness (QED) is 0.888. The minimum absolute atomic E-state index is 0.102. The van der Waals surface area contributed by atoms with Crippen LogP contribution in [0.5, 0.6) is 0 Å². The van der Waals surface area contributed by atoms with E-state index in [1.165, 1.54) is 16.7 Å². The molecule has 0 aromatic heterocycles. The first-order valence-corrected chi connectivity index (χ1v) is 9.23. The summed E-state index contributed by atoms with van der Waals surface area (Å²) in [4.78, 5) is 26.6. The van der Waals surface area contributed by atoms with Gasteiger partial charge in [0, 0.05) is 23.1 Å². The number of nitrogens with zero attached hydrogens (tertiary/aromatic N) is 1. The molecule has 2 aromatic carbocycles. The van der Waals surface area contributed by atoms with E-state index in [0.29, 0.717) is 23.4 Å². The van der Waals surface area contributed by atoms with Gasteiger partial charge in [0.2, 0.25) is 5.91 Å². The van der Waals surface area contributed by atoms with E-state index in [2.05, 4.69) is 5.32 Å². The number of carbonyl (C=O) groups excluding carboxylic acids is 2. The summed E-state index contributed by atoms with van der Waals surface area (Å²) in [6.45, 7) is 3.86. The summed E-state index contributed by atoms with van der Waals surface area (Å²) in [7, 11) is 0. The Balaban J connectivity index is 1.78. The molecule has 0 saturated carbocycles. The fraction of sp³-hybridized carbons (Fsp3) is 0.263. The Morgan fingerprint density at radius 3 is 2.46 bits per heavy atom. The molecule has 2 amide bonds. The molecule has 0 unspecified atom stereocenters. The minimum Gasteiger partial charge on any atom is -0.324 e. The third kappa shape index (κ3) is 3.88. The molecule has 0 bridgehead atoms. The average molecular weight is 376 g/mol. The second-order valence-electron chi connectivity index (χ2n) is 6.26. The molecule has 1 atom stereocenters. The zero-order chi connectivity index (χ0) is 18.8. The number of benzene rings is 2. The summed E-state index contributed by atoms with van der Waals surface area (Å²) in [5.74, 6) is -1.79. The third-order valence-corrected chi connectivity index (χ3v) is 5.21. The van der Waals surface area contributed by atoms with E-state index in [1.54, 1.807) is 0 Å². The normalized spacial score (nSPS) is 16.6. The van der Waals surface area contributed by atoms with Crippen molar-refractivity contribution in [3.63, 3.8) is 0 Å². The summed E-state index contributed by atoms with van der Waals surface area (Å²) < 4.78 is 26.8. The summed E-state index contributed by atoms with van der Waals surface area (Å²) in [6.07, 6.45) is 0.